The third-order valence-corrected chi connectivity index (χ3v) is 3.24. The number of benzene rings is 1. The molecule has 0 fully saturated rings. The fourth-order valence-corrected chi connectivity index (χ4v) is 2.37. The van der Waals surface area contributed by atoms with E-state index in [-0.39, 0.29) is 0 Å². The van der Waals surface area contributed by atoms with E-state index in [2.05, 4.69) is 31.1 Å². The van der Waals surface area contributed by atoms with E-state index in [1.165, 1.54) is 5.56 Å². The number of rotatable bonds is 5. The summed E-state index contributed by atoms with van der Waals surface area (Å²) in [5.74, 6) is 0.619. The van der Waals surface area contributed by atoms with Gasteiger partial charge in [-0.1, -0.05) is 38.1 Å². The first-order valence-corrected chi connectivity index (χ1v) is 6.90. The second kappa shape index (κ2) is 6.02. The second-order valence-electron chi connectivity index (χ2n) is 5.32. The molecule has 0 radical (unpaired) electrons. The number of aliphatic hydroxyl groups is 1. The monoisotopic (exact) mass is 258 g/mol. The van der Waals surface area contributed by atoms with Gasteiger partial charge in [-0.15, -0.1) is 0 Å². The molecule has 1 heterocycles. The Balaban J connectivity index is 2.26. The van der Waals surface area contributed by atoms with E-state index in [0.29, 0.717) is 5.92 Å². The Bertz CT molecular complexity index is 531. The lowest BCUT2D eigenvalue weighted by Gasteiger charge is -2.14. The second-order valence-corrected chi connectivity index (χ2v) is 5.32. The maximum atomic E-state index is 10.5. The summed E-state index contributed by atoms with van der Waals surface area (Å²) in [4.78, 5) is 0. The lowest BCUT2D eigenvalue weighted by atomic mass is 9.98. The van der Waals surface area contributed by atoms with Crippen molar-refractivity contribution in [2.75, 3.05) is 0 Å². The van der Waals surface area contributed by atoms with Crippen LogP contribution in [0, 0.1) is 5.92 Å². The van der Waals surface area contributed by atoms with Crippen molar-refractivity contribution in [3.63, 3.8) is 0 Å². The highest BCUT2D eigenvalue weighted by Crippen LogP contribution is 2.23. The molecule has 0 saturated heterocycles. The Morgan fingerprint density at radius 2 is 2.05 bits per heavy atom. The normalized spacial score (nSPS) is 12.9. The van der Waals surface area contributed by atoms with Gasteiger partial charge in [-0.2, -0.15) is 5.10 Å². The molecule has 0 aliphatic rings. The van der Waals surface area contributed by atoms with Crippen LogP contribution in [-0.4, -0.2) is 14.9 Å². The van der Waals surface area contributed by atoms with Crippen LogP contribution in [0.1, 0.15) is 43.7 Å². The van der Waals surface area contributed by atoms with Crippen molar-refractivity contribution in [2.24, 2.45) is 5.92 Å². The molecule has 0 spiro atoms. The van der Waals surface area contributed by atoms with E-state index >= 15 is 0 Å². The number of hydrogen-bond donors (Lipinski definition) is 1. The standard InChI is InChI=1S/C16H22N2O/c1-4-18-15(8-9-17-18)16(19)14-7-5-6-13(11-14)10-12(2)3/h5-9,11-12,16,19H,4,10H2,1-3H3. The molecule has 3 nitrogen and oxygen atoms in total. The summed E-state index contributed by atoms with van der Waals surface area (Å²) >= 11 is 0. The SMILES string of the molecule is CCn1nccc1C(O)c1cccc(CC(C)C)c1. The molecule has 1 atom stereocenters. The molecule has 0 saturated carbocycles. The van der Waals surface area contributed by atoms with Crippen LogP contribution in [0.25, 0.3) is 0 Å². The van der Waals surface area contributed by atoms with E-state index in [1.807, 2.05) is 29.8 Å². The lowest BCUT2D eigenvalue weighted by molar-refractivity contribution is 0.208. The third kappa shape index (κ3) is 3.24. The molecule has 0 aliphatic heterocycles. The van der Waals surface area contributed by atoms with Crippen LogP contribution in [0.4, 0.5) is 0 Å². The van der Waals surface area contributed by atoms with Crippen LogP contribution in [0.5, 0.6) is 0 Å². The van der Waals surface area contributed by atoms with Crippen LogP contribution in [0.15, 0.2) is 36.5 Å². The fourth-order valence-electron chi connectivity index (χ4n) is 2.37. The molecule has 1 unspecified atom stereocenters. The Kier molecular flexibility index (Phi) is 4.38. The van der Waals surface area contributed by atoms with Gasteiger partial charge in [0, 0.05) is 12.7 Å². The molecule has 1 N–H and O–H groups in total. The molecule has 0 bridgehead atoms. The van der Waals surface area contributed by atoms with Gasteiger partial charge in [-0.25, -0.2) is 0 Å². The summed E-state index contributed by atoms with van der Waals surface area (Å²) in [6.45, 7) is 7.20. The van der Waals surface area contributed by atoms with Crippen LogP contribution in [0.2, 0.25) is 0 Å². The van der Waals surface area contributed by atoms with Gasteiger partial charge in [-0.05, 0) is 36.5 Å². The molecule has 3 heteroatoms. The maximum Gasteiger partial charge on any atom is 0.121 e. The number of nitrogens with zero attached hydrogens (tertiary/aromatic N) is 2. The van der Waals surface area contributed by atoms with E-state index in [1.54, 1.807) is 6.20 Å². The largest absolute Gasteiger partial charge is 0.382 e. The first kappa shape index (κ1) is 13.8. The zero-order valence-corrected chi connectivity index (χ0v) is 11.9. The highest BCUT2D eigenvalue weighted by atomic mass is 16.3. The van der Waals surface area contributed by atoms with Crippen molar-refractivity contribution in [1.82, 2.24) is 9.78 Å². The minimum atomic E-state index is -0.602. The summed E-state index contributed by atoms with van der Waals surface area (Å²) in [6.07, 6.45) is 2.17. The average Bonchev–Trinajstić information content (AvgIpc) is 2.85. The highest BCUT2D eigenvalue weighted by Gasteiger charge is 2.15. The van der Waals surface area contributed by atoms with Crippen LogP contribution in [-0.2, 0) is 13.0 Å². The summed E-state index contributed by atoms with van der Waals surface area (Å²) in [5, 5.41) is 14.7. The van der Waals surface area contributed by atoms with Gasteiger partial charge in [-0.3, -0.25) is 4.68 Å². The molecule has 1 aromatic heterocycles. The molecule has 2 rings (SSSR count). The Morgan fingerprint density at radius 3 is 2.74 bits per heavy atom. The highest BCUT2D eigenvalue weighted by molar-refractivity contribution is 5.30. The topological polar surface area (TPSA) is 38.0 Å². The van der Waals surface area contributed by atoms with E-state index in [9.17, 15) is 5.11 Å². The molecule has 19 heavy (non-hydrogen) atoms. The van der Waals surface area contributed by atoms with E-state index in [4.69, 9.17) is 0 Å². The van der Waals surface area contributed by atoms with Gasteiger partial charge >= 0.3 is 0 Å². The molecule has 0 amide bonds. The summed E-state index contributed by atoms with van der Waals surface area (Å²) < 4.78 is 1.83. The van der Waals surface area contributed by atoms with Gasteiger partial charge in [0.1, 0.15) is 6.10 Å². The number of hydrogen-bond acceptors (Lipinski definition) is 2. The van der Waals surface area contributed by atoms with Crippen molar-refractivity contribution in [3.05, 3.63) is 53.3 Å². The van der Waals surface area contributed by atoms with Crippen molar-refractivity contribution in [2.45, 2.75) is 39.8 Å². The van der Waals surface area contributed by atoms with Gasteiger partial charge in [0.2, 0.25) is 0 Å². The van der Waals surface area contributed by atoms with E-state index < -0.39 is 6.10 Å². The summed E-state index contributed by atoms with van der Waals surface area (Å²) in [6, 6.07) is 10.1. The molecule has 1 aromatic carbocycles. The first-order chi connectivity index (χ1) is 9.11. The Morgan fingerprint density at radius 1 is 1.26 bits per heavy atom. The van der Waals surface area contributed by atoms with Gasteiger partial charge in [0.15, 0.2) is 0 Å². The Hall–Kier alpha value is -1.61. The van der Waals surface area contributed by atoms with E-state index in [0.717, 1.165) is 24.2 Å². The predicted molar refractivity (Wildman–Crippen MR) is 76.9 cm³/mol. The number of aromatic nitrogens is 2. The van der Waals surface area contributed by atoms with Gasteiger partial charge in [0.25, 0.3) is 0 Å². The van der Waals surface area contributed by atoms with Crippen LogP contribution in [0.3, 0.4) is 0 Å². The Labute approximate surface area is 114 Å². The summed E-state index contributed by atoms with van der Waals surface area (Å²) in [7, 11) is 0. The molecular formula is C16H22N2O. The zero-order valence-electron chi connectivity index (χ0n) is 11.9. The molecule has 0 aliphatic carbocycles. The summed E-state index contributed by atoms with van der Waals surface area (Å²) in [5.41, 5.74) is 3.06. The minimum absolute atomic E-state index is 0.602. The van der Waals surface area contributed by atoms with Crippen molar-refractivity contribution >= 4 is 0 Å². The predicted octanol–water partition coefficient (Wildman–Crippen LogP) is 3.18. The van der Waals surface area contributed by atoms with Crippen LogP contribution >= 0.6 is 0 Å². The number of aryl methyl sites for hydroxylation is 1. The molecule has 2 aromatic rings. The quantitative estimate of drug-likeness (QED) is 0.894. The zero-order chi connectivity index (χ0) is 13.8. The molecule has 102 valence electrons. The number of aliphatic hydroxyl groups excluding tert-OH is 1. The molecular weight excluding hydrogens is 236 g/mol. The average molecular weight is 258 g/mol. The first-order valence-electron chi connectivity index (χ1n) is 6.90. The minimum Gasteiger partial charge on any atom is -0.382 e. The third-order valence-electron chi connectivity index (χ3n) is 3.24. The lowest BCUT2D eigenvalue weighted by Crippen LogP contribution is -2.09. The van der Waals surface area contributed by atoms with Crippen LogP contribution < -0.4 is 0 Å². The smallest absolute Gasteiger partial charge is 0.121 e. The van der Waals surface area contributed by atoms with Crippen molar-refractivity contribution < 1.29 is 5.11 Å². The van der Waals surface area contributed by atoms with Crippen molar-refractivity contribution in [1.29, 1.82) is 0 Å². The van der Waals surface area contributed by atoms with Gasteiger partial charge in [0.05, 0.1) is 5.69 Å². The fraction of sp³-hybridized carbons (Fsp3) is 0.438. The van der Waals surface area contributed by atoms with Crippen molar-refractivity contribution in [3.8, 4) is 0 Å². The maximum absolute atomic E-state index is 10.5. The van der Waals surface area contributed by atoms with Gasteiger partial charge < -0.3 is 5.11 Å².